The van der Waals surface area contributed by atoms with E-state index in [1.165, 1.54) is 0 Å². The van der Waals surface area contributed by atoms with E-state index in [0.29, 0.717) is 6.42 Å². The summed E-state index contributed by atoms with van der Waals surface area (Å²) in [5.41, 5.74) is 5.04. The second-order valence-corrected chi connectivity index (χ2v) is 2.59. The Morgan fingerprint density at radius 3 is 2.25 bits per heavy atom. The lowest BCUT2D eigenvalue weighted by atomic mass is 10.2. The average molecular weight is 176 g/mol. The number of nitrogens with one attached hydrogen (secondary N) is 1. The molecule has 5 N–H and O–H groups in total. The highest BCUT2D eigenvalue weighted by Gasteiger charge is 2.16. The Kier molecular flexibility index (Phi) is 5.61. The van der Waals surface area contributed by atoms with Crippen molar-refractivity contribution in [2.24, 2.45) is 5.73 Å². The molecule has 0 aliphatic heterocycles. The molecular weight excluding hydrogens is 160 g/mol. The molecule has 72 valence electrons. The van der Waals surface area contributed by atoms with Crippen molar-refractivity contribution >= 4 is 5.91 Å². The summed E-state index contributed by atoms with van der Waals surface area (Å²) in [6, 6.07) is -0.947. The molecule has 0 bridgehead atoms. The zero-order valence-corrected chi connectivity index (χ0v) is 7.16. The van der Waals surface area contributed by atoms with Crippen LogP contribution in [0.3, 0.4) is 0 Å². The van der Waals surface area contributed by atoms with Crippen molar-refractivity contribution in [1.82, 2.24) is 5.32 Å². The van der Waals surface area contributed by atoms with Gasteiger partial charge >= 0.3 is 0 Å². The molecule has 0 aromatic rings. The molecule has 0 heterocycles. The fourth-order valence-corrected chi connectivity index (χ4v) is 0.849. The Morgan fingerprint density at radius 1 is 1.50 bits per heavy atom. The number of amides is 1. The van der Waals surface area contributed by atoms with Crippen LogP contribution in [-0.4, -0.2) is 41.4 Å². The highest BCUT2D eigenvalue weighted by molar-refractivity contribution is 5.79. The first-order chi connectivity index (χ1) is 5.65. The van der Waals surface area contributed by atoms with Gasteiger partial charge in [-0.05, 0) is 6.42 Å². The Balaban J connectivity index is 3.91. The summed E-state index contributed by atoms with van der Waals surface area (Å²) in [5, 5.41) is 20.1. The number of primary amides is 1. The van der Waals surface area contributed by atoms with Crippen LogP contribution in [0.5, 0.6) is 0 Å². The molecule has 0 fully saturated rings. The summed E-state index contributed by atoms with van der Waals surface area (Å²) < 4.78 is 0. The Morgan fingerprint density at radius 2 is 2.00 bits per heavy atom. The number of rotatable bonds is 6. The predicted molar refractivity (Wildman–Crippen MR) is 44.4 cm³/mol. The van der Waals surface area contributed by atoms with E-state index in [4.69, 9.17) is 15.9 Å². The summed E-state index contributed by atoms with van der Waals surface area (Å²) >= 11 is 0. The SMILES string of the molecule is CCC(NC(CO)CO)C(N)=O. The van der Waals surface area contributed by atoms with Crippen LogP contribution in [0.1, 0.15) is 13.3 Å². The van der Waals surface area contributed by atoms with Crippen LogP contribution in [0, 0.1) is 0 Å². The van der Waals surface area contributed by atoms with Crippen LogP contribution in [-0.2, 0) is 4.79 Å². The molecule has 5 heteroatoms. The summed E-state index contributed by atoms with van der Waals surface area (Å²) in [5.74, 6) is -0.468. The number of aliphatic hydroxyl groups excluding tert-OH is 2. The third-order valence-electron chi connectivity index (χ3n) is 1.63. The molecule has 1 unspecified atom stereocenters. The van der Waals surface area contributed by atoms with Gasteiger partial charge in [-0.2, -0.15) is 0 Å². The normalized spacial score (nSPS) is 13.3. The van der Waals surface area contributed by atoms with Gasteiger partial charge in [0.15, 0.2) is 0 Å². The third-order valence-corrected chi connectivity index (χ3v) is 1.63. The fraction of sp³-hybridized carbons (Fsp3) is 0.857. The van der Waals surface area contributed by atoms with Crippen molar-refractivity contribution in [3.63, 3.8) is 0 Å². The van der Waals surface area contributed by atoms with E-state index in [9.17, 15) is 4.79 Å². The van der Waals surface area contributed by atoms with E-state index in [0.717, 1.165) is 0 Å². The van der Waals surface area contributed by atoms with Gasteiger partial charge in [-0.3, -0.25) is 10.1 Å². The minimum Gasteiger partial charge on any atom is -0.395 e. The maximum absolute atomic E-state index is 10.7. The minimum absolute atomic E-state index is 0.208. The Hall–Kier alpha value is -0.650. The molecule has 0 aliphatic carbocycles. The Labute approximate surface area is 71.6 Å². The second-order valence-electron chi connectivity index (χ2n) is 2.59. The topological polar surface area (TPSA) is 95.6 Å². The molecule has 0 rings (SSSR count). The number of aliphatic hydroxyl groups is 2. The standard InChI is InChI=1S/C7H16N2O3/c1-2-6(7(8)12)9-5(3-10)4-11/h5-6,9-11H,2-4H2,1H3,(H2,8,12). The van der Waals surface area contributed by atoms with Gasteiger partial charge in [0, 0.05) is 0 Å². The van der Waals surface area contributed by atoms with Crippen molar-refractivity contribution in [3.05, 3.63) is 0 Å². The highest BCUT2D eigenvalue weighted by atomic mass is 16.3. The lowest BCUT2D eigenvalue weighted by Crippen LogP contribution is -2.48. The van der Waals surface area contributed by atoms with Crippen LogP contribution < -0.4 is 11.1 Å². The largest absolute Gasteiger partial charge is 0.395 e. The predicted octanol–water partition coefficient (Wildman–Crippen LogP) is -1.81. The Bertz CT molecular complexity index is 137. The summed E-state index contributed by atoms with van der Waals surface area (Å²) in [6.07, 6.45) is 0.547. The van der Waals surface area contributed by atoms with Gasteiger partial charge in [0.2, 0.25) is 5.91 Å². The van der Waals surface area contributed by atoms with Gasteiger partial charge in [0.05, 0.1) is 25.3 Å². The summed E-state index contributed by atoms with van der Waals surface area (Å²) in [6.45, 7) is 1.38. The first kappa shape index (κ1) is 11.4. The molecule has 12 heavy (non-hydrogen) atoms. The maximum Gasteiger partial charge on any atom is 0.234 e. The van der Waals surface area contributed by atoms with Gasteiger partial charge in [0.25, 0.3) is 0 Å². The lowest BCUT2D eigenvalue weighted by molar-refractivity contribution is -0.120. The van der Waals surface area contributed by atoms with Gasteiger partial charge in [0.1, 0.15) is 0 Å². The summed E-state index contributed by atoms with van der Waals surface area (Å²) in [7, 11) is 0. The van der Waals surface area contributed by atoms with E-state index in [-0.39, 0.29) is 13.2 Å². The van der Waals surface area contributed by atoms with Crippen LogP contribution in [0.15, 0.2) is 0 Å². The number of hydrogen-bond donors (Lipinski definition) is 4. The number of carbonyl (C=O) groups is 1. The van der Waals surface area contributed by atoms with Gasteiger partial charge in [-0.25, -0.2) is 0 Å². The molecule has 5 nitrogen and oxygen atoms in total. The van der Waals surface area contributed by atoms with Crippen LogP contribution in [0.2, 0.25) is 0 Å². The zero-order chi connectivity index (χ0) is 9.56. The van der Waals surface area contributed by atoms with Gasteiger partial charge in [-0.1, -0.05) is 6.92 Å². The van der Waals surface area contributed by atoms with Gasteiger partial charge in [-0.15, -0.1) is 0 Å². The smallest absolute Gasteiger partial charge is 0.234 e. The van der Waals surface area contributed by atoms with Crippen molar-refractivity contribution in [1.29, 1.82) is 0 Å². The van der Waals surface area contributed by atoms with Crippen molar-refractivity contribution in [2.75, 3.05) is 13.2 Å². The number of carbonyl (C=O) groups excluding carboxylic acids is 1. The lowest BCUT2D eigenvalue weighted by Gasteiger charge is -2.19. The number of hydrogen-bond acceptors (Lipinski definition) is 4. The highest BCUT2D eigenvalue weighted by Crippen LogP contribution is 1.92. The first-order valence-corrected chi connectivity index (χ1v) is 3.92. The fourth-order valence-electron chi connectivity index (χ4n) is 0.849. The van der Waals surface area contributed by atoms with E-state index >= 15 is 0 Å². The summed E-state index contributed by atoms with van der Waals surface area (Å²) in [4.78, 5) is 10.7. The van der Waals surface area contributed by atoms with Crippen molar-refractivity contribution < 1.29 is 15.0 Å². The van der Waals surface area contributed by atoms with Crippen LogP contribution in [0.4, 0.5) is 0 Å². The molecule has 0 aliphatic rings. The monoisotopic (exact) mass is 176 g/mol. The molecule has 0 saturated heterocycles. The van der Waals surface area contributed by atoms with E-state index in [1.807, 2.05) is 0 Å². The van der Waals surface area contributed by atoms with E-state index < -0.39 is 18.0 Å². The molecular formula is C7H16N2O3. The molecule has 0 aromatic carbocycles. The van der Waals surface area contributed by atoms with Crippen LogP contribution >= 0.6 is 0 Å². The third kappa shape index (κ3) is 3.66. The second kappa shape index (κ2) is 5.93. The molecule has 0 aromatic heterocycles. The molecule has 1 atom stereocenters. The molecule has 1 amide bonds. The van der Waals surface area contributed by atoms with Crippen molar-refractivity contribution in [2.45, 2.75) is 25.4 Å². The average Bonchev–Trinajstić information content (AvgIpc) is 2.06. The molecule has 0 radical (unpaired) electrons. The minimum atomic E-state index is -0.478. The van der Waals surface area contributed by atoms with E-state index in [2.05, 4.69) is 5.32 Å². The van der Waals surface area contributed by atoms with E-state index in [1.54, 1.807) is 6.92 Å². The van der Waals surface area contributed by atoms with Gasteiger partial charge < -0.3 is 15.9 Å². The van der Waals surface area contributed by atoms with Crippen LogP contribution in [0.25, 0.3) is 0 Å². The maximum atomic E-state index is 10.7. The molecule has 0 spiro atoms. The van der Waals surface area contributed by atoms with Crippen molar-refractivity contribution in [3.8, 4) is 0 Å². The quantitative estimate of drug-likeness (QED) is 0.383. The number of nitrogens with two attached hydrogens (primary N) is 1. The first-order valence-electron chi connectivity index (χ1n) is 3.92. The molecule has 0 saturated carbocycles. The zero-order valence-electron chi connectivity index (χ0n) is 7.16.